The zero-order valence-corrected chi connectivity index (χ0v) is 21.1. The molecule has 3 N–H and O–H groups in total. The number of hydrogen-bond acceptors (Lipinski definition) is 6. The van der Waals surface area contributed by atoms with E-state index in [1.54, 1.807) is 6.92 Å². The first-order valence-corrected chi connectivity index (χ1v) is 12.4. The molecule has 0 radical (unpaired) electrons. The molecule has 0 aliphatic heterocycles. The minimum Gasteiger partial charge on any atom is -0.480 e. The summed E-state index contributed by atoms with van der Waals surface area (Å²) in [7, 11) is 0. The molecule has 0 bridgehead atoms. The third-order valence-corrected chi connectivity index (χ3v) is 6.08. The van der Waals surface area contributed by atoms with Crippen LogP contribution in [0.2, 0.25) is 0 Å². The number of carbonyl (C=O) groups is 2. The van der Waals surface area contributed by atoms with Crippen LogP contribution in [-0.4, -0.2) is 33.2 Å². The molecule has 8 heteroatoms. The van der Waals surface area contributed by atoms with Crippen LogP contribution in [0.25, 0.3) is 11.4 Å². The van der Waals surface area contributed by atoms with E-state index in [0.29, 0.717) is 30.9 Å². The van der Waals surface area contributed by atoms with Crippen LogP contribution >= 0.6 is 0 Å². The molecular formula is C30H30N4O4. The van der Waals surface area contributed by atoms with Crippen molar-refractivity contribution in [3.05, 3.63) is 114 Å². The molecule has 4 aromatic rings. The molecule has 0 fully saturated rings. The minimum absolute atomic E-state index is 0.390. The number of rotatable bonds is 11. The fourth-order valence-corrected chi connectivity index (χ4v) is 3.92. The predicted molar refractivity (Wildman–Crippen MR) is 145 cm³/mol. The Bertz CT molecular complexity index is 1310. The van der Waals surface area contributed by atoms with Gasteiger partial charge in [0.2, 0.25) is 0 Å². The van der Waals surface area contributed by atoms with Gasteiger partial charge in [-0.15, -0.1) is 0 Å². The van der Waals surface area contributed by atoms with E-state index in [2.05, 4.69) is 20.6 Å². The molecule has 0 spiro atoms. The van der Waals surface area contributed by atoms with Crippen LogP contribution in [0.1, 0.15) is 36.1 Å². The monoisotopic (exact) mass is 510 g/mol. The summed E-state index contributed by atoms with van der Waals surface area (Å²) in [6.07, 6.45) is 3.27. The Hall–Kier alpha value is -4.56. The van der Waals surface area contributed by atoms with Gasteiger partial charge in [0.05, 0.1) is 18.1 Å². The molecular weight excluding hydrogens is 480 g/mol. The van der Waals surface area contributed by atoms with Gasteiger partial charge >= 0.3 is 12.1 Å². The van der Waals surface area contributed by atoms with Gasteiger partial charge in [-0.25, -0.2) is 14.8 Å². The summed E-state index contributed by atoms with van der Waals surface area (Å²) in [6, 6.07) is 26.3. The van der Waals surface area contributed by atoms with Gasteiger partial charge in [-0.3, -0.25) is 10.1 Å². The second kappa shape index (κ2) is 13.1. The molecule has 3 aromatic carbocycles. The van der Waals surface area contributed by atoms with E-state index in [1.165, 1.54) is 12.4 Å². The van der Waals surface area contributed by atoms with Gasteiger partial charge in [-0.2, -0.15) is 0 Å². The Labute approximate surface area is 221 Å². The minimum atomic E-state index is -0.863. The van der Waals surface area contributed by atoms with E-state index >= 15 is 0 Å². The zero-order chi connectivity index (χ0) is 26.7. The largest absolute Gasteiger partial charge is 0.480 e. The number of nitrogens with one attached hydrogen (secondary N) is 2. The highest BCUT2D eigenvalue weighted by Crippen LogP contribution is 2.19. The molecule has 1 amide bonds. The summed E-state index contributed by atoms with van der Waals surface area (Å²) < 4.78 is 5.41. The molecule has 38 heavy (non-hydrogen) atoms. The highest BCUT2D eigenvalue weighted by atomic mass is 16.6. The molecule has 1 aromatic heterocycles. The summed E-state index contributed by atoms with van der Waals surface area (Å²) in [4.78, 5) is 32.6. The maximum Gasteiger partial charge on any atom is 0.412 e. The summed E-state index contributed by atoms with van der Waals surface area (Å²) in [5.74, 6) is -0.356. The Morgan fingerprint density at radius 2 is 1.50 bits per heavy atom. The summed E-state index contributed by atoms with van der Waals surface area (Å²) in [5, 5.41) is 15.4. The number of ether oxygens (including phenoxy) is 1. The van der Waals surface area contributed by atoms with Crippen molar-refractivity contribution in [3.8, 4) is 11.4 Å². The van der Waals surface area contributed by atoms with Crippen molar-refractivity contribution in [2.75, 3.05) is 5.32 Å². The van der Waals surface area contributed by atoms with Crippen molar-refractivity contribution in [1.29, 1.82) is 0 Å². The highest BCUT2D eigenvalue weighted by Gasteiger charge is 2.17. The number of anilines is 1. The Morgan fingerprint density at radius 1 is 0.868 bits per heavy atom. The zero-order valence-electron chi connectivity index (χ0n) is 21.1. The van der Waals surface area contributed by atoms with E-state index in [9.17, 15) is 14.7 Å². The smallest absolute Gasteiger partial charge is 0.412 e. The SMILES string of the molecule is CC(OC(=O)Nc1cnc(-c2ccc(CNC(CCc3ccccc3)C(=O)O)cc2)nc1)c1ccccc1. The van der Waals surface area contributed by atoms with Gasteiger partial charge < -0.3 is 15.2 Å². The average Bonchev–Trinajstić information content (AvgIpc) is 2.94. The van der Waals surface area contributed by atoms with E-state index in [0.717, 1.165) is 22.3 Å². The standard InChI is InChI=1S/C30H30N4O4/c1-21(24-10-6-3-7-11-24)38-30(37)34-26-19-32-28(33-20-26)25-15-12-23(13-16-25)18-31-27(29(35)36)17-14-22-8-4-2-5-9-22/h2-13,15-16,19-21,27,31H,14,17-18H2,1H3,(H,34,37)(H,35,36). The number of aliphatic carboxylic acids is 1. The lowest BCUT2D eigenvalue weighted by Gasteiger charge is -2.15. The molecule has 2 atom stereocenters. The normalized spacial score (nSPS) is 12.3. The number of aromatic nitrogens is 2. The van der Waals surface area contributed by atoms with E-state index < -0.39 is 18.1 Å². The number of benzene rings is 3. The molecule has 1 heterocycles. The van der Waals surface area contributed by atoms with Crippen molar-refractivity contribution in [2.45, 2.75) is 38.5 Å². The third kappa shape index (κ3) is 7.72. The second-order valence-electron chi connectivity index (χ2n) is 8.87. The summed E-state index contributed by atoms with van der Waals surface area (Å²) >= 11 is 0. The lowest BCUT2D eigenvalue weighted by molar-refractivity contribution is -0.139. The predicted octanol–water partition coefficient (Wildman–Crippen LogP) is 5.63. The van der Waals surface area contributed by atoms with Crippen molar-refractivity contribution in [3.63, 3.8) is 0 Å². The van der Waals surface area contributed by atoms with Crippen LogP contribution in [0, 0.1) is 0 Å². The van der Waals surface area contributed by atoms with E-state index in [4.69, 9.17) is 4.74 Å². The molecule has 2 unspecified atom stereocenters. The number of amides is 1. The number of hydrogen-bond donors (Lipinski definition) is 3. The van der Waals surface area contributed by atoms with Gasteiger partial charge in [0.25, 0.3) is 0 Å². The van der Waals surface area contributed by atoms with Gasteiger partial charge in [0.15, 0.2) is 5.82 Å². The van der Waals surface area contributed by atoms with Crippen molar-refractivity contribution < 1.29 is 19.4 Å². The first kappa shape index (κ1) is 26.5. The van der Waals surface area contributed by atoms with Crippen molar-refractivity contribution >= 4 is 17.7 Å². The fourth-order valence-electron chi connectivity index (χ4n) is 3.92. The number of carboxylic acid groups (broad SMARTS) is 1. The molecule has 8 nitrogen and oxygen atoms in total. The van der Waals surface area contributed by atoms with Crippen molar-refractivity contribution in [1.82, 2.24) is 15.3 Å². The Morgan fingerprint density at radius 3 is 2.13 bits per heavy atom. The number of nitrogens with zero attached hydrogens (tertiary/aromatic N) is 2. The molecule has 0 saturated heterocycles. The lowest BCUT2D eigenvalue weighted by Crippen LogP contribution is -2.36. The maximum absolute atomic E-state index is 12.2. The molecule has 194 valence electrons. The highest BCUT2D eigenvalue weighted by molar-refractivity contribution is 5.84. The fraction of sp³-hybridized carbons (Fsp3) is 0.200. The second-order valence-corrected chi connectivity index (χ2v) is 8.87. The quantitative estimate of drug-likeness (QED) is 0.240. The molecule has 0 saturated carbocycles. The van der Waals surface area contributed by atoms with Crippen LogP contribution in [-0.2, 0) is 22.5 Å². The van der Waals surface area contributed by atoms with Crippen LogP contribution in [0.4, 0.5) is 10.5 Å². The Kier molecular flexibility index (Phi) is 9.15. The molecule has 4 rings (SSSR count). The number of aryl methyl sites for hydroxylation is 1. The molecule has 0 aliphatic carbocycles. The van der Waals surface area contributed by atoms with E-state index in [1.807, 2.05) is 84.9 Å². The van der Waals surface area contributed by atoms with Gasteiger partial charge in [-0.1, -0.05) is 84.9 Å². The Balaban J connectivity index is 1.27. The maximum atomic E-state index is 12.2. The van der Waals surface area contributed by atoms with Crippen LogP contribution in [0.15, 0.2) is 97.3 Å². The summed E-state index contributed by atoms with van der Waals surface area (Å²) in [5.41, 5.74) is 4.20. The lowest BCUT2D eigenvalue weighted by atomic mass is 10.0. The van der Waals surface area contributed by atoms with Crippen molar-refractivity contribution in [2.24, 2.45) is 0 Å². The van der Waals surface area contributed by atoms with Crippen LogP contribution in [0.5, 0.6) is 0 Å². The van der Waals surface area contributed by atoms with Gasteiger partial charge in [0, 0.05) is 12.1 Å². The number of carbonyl (C=O) groups excluding carboxylic acids is 1. The summed E-state index contributed by atoms with van der Waals surface area (Å²) in [6.45, 7) is 2.24. The van der Waals surface area contributed by atoms with Gasteiger partial charge in [0.1, 0.15) is 12.1 Å². The number of carboxylic acids is 1. The first-order valence-electron chi connectivity index (χ1n) is 12.4. The topological polar surface area (TPSA) is 113 Å². The van der Waals surface area contributed by atoms with Crippen LogP contribution in [0.3, 0.4) is 0 Å². The first-order chi connectivity index (χ1) is 18.5. The molecule has 0 aliphatic rings. The van der Waals surface area contributed by atoms with Gasteiger partial charge in [-0.05, 0) is 36.5 Å². The van der Waals surface area contributed by atoms with Crippen LogP contribution < -0.4 is 10.6 Å². The average molecular weight is 511 g/mol. The van der Waals surface area contributed by atoms with E-state index in [-0.39, 0.29) is 6.10 Å². The third-order valence-electron chi connectivity index (χ3n) is 6.08.